The van der Waals surface area contributed by atoms with Gasteiger partial charge in [0, 0.05) is 37.9 Å². The highest BCUT2D eigenvalue weighted by Crippen LogP contribution is 2.39. The van der Waals surface area contributed by atoms with Gasteiger partial charge in [0.2, 0.25) is 0 Å². The van der Waals surface area contributed by atoms with Gasteiger partial charge >= 0.3 is 0 Å². The van der Waals surface area contributed by atoms with Crippen LogP contribution in [0.15, 0.2) is 18.6 Å². The molecular formula is C21H25N7O2. The summed E-state index contributed by atoms with van der Waals surface area (Å²) in [6.45, 7) is 4.86. The van der Waals surface area contributed by atoms with Crippen molar-refractivity contribution < 1.29 is 9.53 Å². The fourth-order valence-corrected chi connectivity index (χ4v) is 4.61. The number of fused-ring (bicyclic) bond motifs is 2. The van der Waals surface area contributed by atoms with E-state index in [2.05, 4.69) is 19.6 Å². The molecule has 1 amide bonds. The summed E-state index contributed by atoms with van der Waals surface area (Å²) in [5, 5.41) is 4.65. The second-order valence-electron chi connectivity index (χ2n) is 8.56. The van der Waals surface area contributed by atoms with Crippen LogP contribution in [0.25, 0.3) is 11.2 Å². The van der Waals surface area contributed by atoms with E-state index < -0.39 is 0 Å². The largest absolute Gasteiger partial charge is 0.381 e. The topological polar surface area (TPSA) is 91.0 Å². The Morgan fingerprint density at radius 1 is 1.13 bits per heavy atom. The number of amides is 1. The Labute approximate surface area is 174 Å². The Balaban J connectivity index is 1.26. The zero-order valence-corrected chi connectivity index (χ0v) is 17.1. The molecule has 1 saturated heterocycles. The van der Waals surface area contributed by atoms with Gasteiger partial charge in [0.1, 0.15) is 11.3 Å². The molecule has 30 heavy (non-hydrogen) atoms. The Morgan fingerprint density at radius 2 is 1.97 bits per heavy atom. The molecule has 0 aromatic carbocycles. The van der Waals surface area contributed by atoms with E-state index in [9.17, 15) is 4.79 Å². The highest BCUT2D eigenvalue weighted by atomic mass is 16.5. The first-order valence-corrected chi connectivity index (χ1v) is 10.8. The quantitative estimate of drug-likeness (QED) is 0.662. The Hall–Kier alpha value is -2.81. The van der Waals surface area contributed by atoms with E-state index in [1.165, 1.54) is 12.8 Å². The molecule has 6 rings (SSSR count). The summed E-state index contributed by atoms with van der Waals surface area (Å²) in [6.07, 6.45) is 7.79. The predicted octanol–water partition coefficient (Wildman–Crippen LogP) is 2.47. The third-order valence-electron chi connectivity index (χ3n) is 6.56. The van der Waals surface area contributed by atoms with Crippen molar-refractivity contribution in [3.63, 3.8) is 0 Å². The van der Waals surface area contributed by atoms with Gasteiger partial charge in [-0.3, -0.25) is 4.79 Å². The molecule has 1 saturated carbocycles. The second kappa shape index (κ2) is 6.87. The predicted molar refractivity (Wildman–Crippen MR) is 108 cm³/mol. The van der Waals surface area contributed by atoms with Gasteiger partial charge in [-0.2, -0.15) is 5.10 Å². The fraction of sp³-hybridized carbons (Fsp3) is 0.571. The van der Waals surface area contributed by atoms with Crippen molar-refractivity contribution in [1.82, 2.24) is 34.2 Å². The van der Waals surface area contributed by atoms with E-state index in [0.29, 0.717) is 30.6 Å². The van der Waals surface area contributed by atoms with Crippen LogP contribution in [0.5, 0.6) is 0 Å². The Morgan fingerprint density at radius 3 is 2.77 bits per heavy atom. The molecule has 0 radical (unpaired) electrons. The minimum atomic E-state index is -0.109. The molecule has 5 heterocycles. The number of hydrogen-bond acceptors (Lipinski definition) is 6. The number of nitrogens with zero attached hydrogens (tertiary/aromatic N) is 7. The van der Waals surface area contributed by atoms with Crippen LogP contribution in [0, 0.1) is 0 Å². The average molecular weight is 407 g/mol. The number of ether oxygens (including phenoxy) is 1. The number of rotatable bonds is 3. The molecule has 9 nitrogen and oxygen atoms in total. The minimum Gasteiger partial charge on any atom is -0.381 e. The molecule has 0 N–H and O–H groups in total. The molecular weight excluding hydrogens is 382 g/mol. The monoisotopic (exact) mass is 407 g/mol. The molecule has 9 heteroatoms. The molecule has 3 aromatic heterocycles. The van der Waals surface area contributed by atoms with E-state index in [4.69, 9.17) is 9.72 Å². The summed E-state index contributed by atoms with van der Waals surface area (Å²) in [4.78, 5) is 29.1. The Bertz CT molecular complexity index is 1110. The summed E-state index contributed by atoms with van der Waals surface area (Å²) in [6, 6.07) is 2.11. The van der Waals surface area contributed by atoms with Gasteiger partial charge < -0.3 is 14.2 Å². The van der Waals surface area contributed by atoms with Crippen LogP contribution in [-0.2, 0) is 11.3 Å². The van der Waals surface area contributed by atoms with Crippen molar-refractivity contribution in [1.29, 1.82) is 0 Å². The SMILES string of the molecule is C[C@@H]1c2nc(C3CC3)nn2CCN1C(=O)c1cnc2c(c1)ncn2C1CCOCC1. The molecule has 0 spiro atoms. The van der Waals surface area contributed by atoms with Crippen LogP contribution in [0.4, 0.5) is 0 Å². The van der Waals surface area contributed by atoms with Crippen molar-refractivity contribution in [2.75, 3.05) is 19.8 Å². The lowest BCUT2D eigenvalue weighted by Gasteiger charge is -2.32. The molecule has 1 aliphatic carbocycles. The van der Waals surface area contributed by atoms with Gasteiger partial charge in [0.15, 0.2) is 11.5 Å². The lowest BCUT2D eigenvalue weighted by atomic mass is 10.1. The van der Waals surface area contributed by atoms with Crippen molar-refractivity contribution in [3.8, 4) is 0 Å². The van der Waals surface area contributed by atoms with Crippen LogP contribution in [-0.4, -0.2) is 59.9 Å². The molecule has 156 valence electrons. The van der Waals surface area contributed by atoms with Gasteiger partial charge in [0.05, 0.1) is 24.5 Å². The first kappa shape index (κ1) is 18.0. The molecule has 0 bridgehead atoms. The molecule has 2 aliphatic heterocycles. The van der Waals surface area contributed by atoms with Crippen molar-refractivity contribution in [2.45, 2.75) is 57.2 Å². The fourth-order valence-electron chi connectivity index (χ4n) is 4.61. The zero-order valence-electron chi connectivity index (χ0n) is 17.1. The van der Waals surface area contributed by atoms with Crippen molar-refractivity contribution in [3.05, 3.63) is 35.8 Å². The van der Waals surface area contributed by atoms with Gasteiger partial charge in [-0.15, -0.1) is 0 Å². The zero-order chi connectivity index (χ0) is 20.2. The van der Waals surface area contributed by atoms with Crippen LogP contribution in [0.3, 0.4) is 0 Å². The lowest BCUT2D eigenvalue weighted by Crippen LogP contribution is -2.41. The molecule has 0 unspecified atom stereocenters. The van der Waals surface area contributed by atoms with E-state index >= 15 is 0 Å². The van der Waals surface area contributed by atoms with Crippen LogP contribution < -0.4 is 0 Å². The smallest absolute Gasteiger partial charge is 0.256 e. The number of carbonyl (C=O) groups excluding carboxylic acids is 1. The van der Waals surface area contributed by atoms with Crippen LogP contribution >= 0.6 is 0 Å². The van der Waals surface area contributed by atoms with Gasteiger partial charge in [-0.25, -0.2) is 19.6 Å². The van der Waals surface area contributed by atoms with E-state index in [0.717, 1.165) is 48.9 Å². The maximum Gasteiger partial charge on any atom is 0.256 e. The first-order chi connectivity index (χ1) is 14.7. The number of carbonyl (C=O) groups is 1. The first-order valence-electron chi connectivity index (χ1n) is 10.8. The summed E-state index contributed by atoms with van der Waals surface area (Å²) in [7, 11) is 0. The maximum absolute atomic E-state index is 13.3. The second-order valence-corrected chi connectivity index (χ2v) is 8.56. The van der Waals surface area contributed by atoms with Crippen LogP contribution in [0.2, 0.25) is 0 Å². The lowest BCUT2D eigenvalue weighted by molar-refractivity contribution is 0.0630. The molecule has 3 aromatic rings. The standard InChI is InChI=1S/C21H25N7O2/c1-13-19-24-18(14-2-3-14)25-28(19)7-6-26(13)21(29)15-10-17-20(22-11-15)27(12-23-17)16-4-8-30-9-5-16/h10-14,16H,2-9H2,1H3/t13-/m1/s1. The Kier molecular flexibility index (Phi) is 4.12. The molecule has 3 aliphatic rings. The van der Waals surface area contributed by atoms with Crippen LogP contribution in [0.1, 0.15) is 72.6 Å². The van der Waals surface area contributed by atoms with Crippen molar-refractivity contribution in [2.24, 2.45) is 0 Å². The average Bonchev–Trinajstić information content (AvgIpc) is 3.39. The number of imidazole rings is 1. The highest BCUT2D eigenvalue weighted by molar-refractivity contribution is 5.96. The summed E-state index contributed by atoms with van der Waals surface area (Å²) in [5.41, 5.74) is 2.16. The number of pyridine rings is 1. The summed E-state index contributed by atoms with van der Waals surface area (Å²) < 4.78 is 9.56. The van der Waals surface area contributed by atoms with E-state index in [-0.39, 0.29) is 11.9 Å². The maximum atomic E-state index is 13.3. The van der Waals surface area contributed by atoms with Gasteiger partial charge in [-0.1, -0.05) is 0 Å². The van der Waals surface area contributed by atoms with Gasteiger partial charge in [0.25, 0.3) is 5.91 Å². The third-order valence-corrected chi connectivity index (χ3v) is 6.56. The van der Waals surface area contributed by atoms with E-state index in [1.54, 1.807) is 6.20 Å². The van der Waals surface area contributed by atoms with E-state index in [1.807, 2.05) is 28.9 Å². The minimum absolute atomic E-state index is 0.0280. The van der Waals surface area contributed by atoms with Crippen molar-refractivity contribution >= 4 is 17.1 Å². The third kappa shape index (κ3) is 2.91. The normalized spacial score (nSPS) is 22.4. The van der Waals surface area contributed by atoms with Gasteiger partial charge in [-0.05, 0) is 38.7 Å². The number of hydrogen-bond donors (Lipinski definition) is 0. The molecule has 1 atom stereocenters. The summed E-state index contributed by atoms with van der Waals surface area (Å²) >= 11 is 0. The highest BCUT2D eigenvalue weighted by Gasteiger charge is 2.35. The number of aromatic nitrogens is 6. The molecule has 2 fully saturated rings. The summed E-state index contributed by atoms with van der Waals surface area (Å²) in [5.74, 6) is 2.30.